The van der Waals surface area contributed by atoms with Crippen LogP contribution in [0.15, 0.2) is 30.3 Å². The number of hydrogen-bond donors (Lipinski definition) is 1. The van der Waals surface area contributed by atoms with Gasteiger partial charge in [-0.1, -0.05) is 41.7 Å². The molecule has 2 aromatic rings. The van der Waals surface area contributed by atoms with E-state index in [1.807, 2.05) is 23.1 Å². The third kappa shape index (κ3) is 2.65. The Bertz CT molecular complexity index is 599. The molecule has 1 N–H and O–H groups in total. The van der Waals surface area contributed by atoms with Crippen molar-refractivity contribution in [3.63, 3.8) is 0 Å². The second-order valence-electron chi connectivity index (χ2n) is 4.83. The van der Waals surface area contributed by atoms with Gasteiger partial charge in [-0.25, -0.2) is 4.79 Å². The highest BCUT2D eigenvalue weighted by Crippen LogP contribution is 2.29. The Balaban J connectivity index is 1.75. The summed E-state index contributed by atoms with van der Waals surface area (Å²) in [5, 5.41) is 19.2. The van der Waals surface area contributed by atoms with Crippen LogP contribution >= 0.6 is 11.3 Å². The van der Waals surface area contributed by atoms with E-state index in [4.69, 9.17) is 0 Å². The van der Waals surface area contributed by atoms with Gasteiger partial charge in [0.05, 0.1) is 0 Å². The Morgan fingerprint density at radius 3 is 2.90 bits per heavy atom. The smallest absolute Gasteiger partial charge is 0.326 e. The molecular formula is C14H15N3O2S. The maximum absolute atomic E-state index is 11.2. The average Bonchev–Trinajstić information content (AvgIpc) is 3.07. The molecule has 0 bridgehead atoms. The van der Waals surface area contributed by atoms with Gasteiger partial charge in [-0.3, -0.25) is 0 Å². The maximum Gasteiger partial charge on any atom is 0.326 e. The molecule has 0 amide bonds. The molecule has 6 heteroatoms. The van der Waals surface area contributed by atoms with Gasteiger partial charge in [0.1, 0.15) is 11.0 Å². The Labute approximate surface area is 120 Å². The minimum Gasteiger partial charge on any atom is -0.480 e. The third-order valence-electron chi connectivity index (χ3n) is 3.44. The topological polar surface area (TPSA) is 66.3 Å². The van der Waals surface area contributed by atoms with Crippen molar-refractivity contribution >= 4 is 22.4 Å². The maximum atomic E-state index is 11.2. The SMILES string of the molecule is O=C(O)[C@@H]1CCCN1c1nnc(Cc2ccccc2)s1. The molecule has 2 heterocycles. The molecule has 1 fully saturated rings. The zero-order valence-corrected chi connectivity index (χ0v) is 11.7. The number of aliphatic carboxylic acids is 1. The van der Waals surface area contributed by atoms with Crippen LogP contribution in [0.1, 0.15) is 23.4 Å². The number of aromatic nitrogens is 2. The van der Waals surface area contributed by atoms with Crippen molar-refractivity contribution in [2.24, 2.45) is 0 Å². The summed E-state index contributed by atoms with van der Waals surface area (Å²) >= 11 is 1.49. The largest absolute Gasteiger partial charge is 0.480 e. The molecule has 0 saturated carbocycles. The van der Waals surface area contributed by atoms with Gasteiger partial charge in [-0.15, -0.1) is 10.2 Å². The van der Waals surface area contributed by atoms with Crippen molar-refractivity contribution in [3.05, 3.63) is 40.9 Å². The molecule has 1 aromatic heterocycles. The van der Waals surface area contributed by atoms with E-state index in [0.29, 0.717) is 6.42 Å². The van der Waals surface area contributed by atoms with E-state index in [-0.39, 0.29) is 0 Å². The van der Waals surface area contributed by atoms with Crippen LogP contribution in [-0.4, -0.2) is 33.9 Å². The molecule has 0 radical (unpaired) electrons. The molecule has 0 spiro atoms. The summed E-state index contributed by atoms with van der Waals surface area (Å²) in [5.74, 6) is -0.776. The predicted octanol–water partition coefficient (Wildman–Crippen LogP) is 2.18. The van der Waals surface area contributed by atoms with Gasteiger partial charge in [0.2, 0.25) is 5.13 Å². The summed E-state index contributed by atoms with van der Waals surface area (Å²) in [7, 11) is 0. The van der Waals surface area contributed by atoms with E-state index in [9.17, 15) is 9.90 Å². The molecule has 1 aromatic carbocycles. The normalized spacial score (nSPS) is 18.4. The van der Waals surface area contributed by atoms with E-state index in [1.165, 1.54) is 16.9 Å². The van der Waals surface area contributed by atoms with Crippen LogP contribution in [0.5, 0.6) is 0 Å². The number of nitrogens with zero attached hydrogens (tertiary/aromatic N) is 3. The summed E-state index contributed by atoms with van der Waals surface area (Å²) in [6.45, 7) is 0.747. The van der Waals surface area contributed by atoms with Crippen molar-refractivity contribution < 1.29 is 9.90 Å². The molecule has 20 heavy (non-hydrogen) atoms. The Hall–Kier alpha value is -1.95. The second kappa shape index (κ2) is 5.58. The molecule has 1 aliphatic rings. The lowest BCUT2D eigenvalue weighted by molar-refractivity contribution is -0.138. The molecule has 104 valence electrons. The number of carboxylic acids is 1. The van der Waals surface area contributed by atoms with Crippen LogP contribution in [0.4, 0.5) is 5.13 Å². The van der Waals surface area contributed by atoms with Crippen molar-refractivity contribution in [2.75, 3.05) is 11.4 Å². The van der Waals surface area contributed by atoms with E-state index < -0.39 is 12.0 Å². The average molecular weight is 289 g/mol. The number of hydrogen-bond acceptors (Lipinski definition) is 5. The molecule has 1 aliphatic heterocycles. The summed E-state index contributed by atoms with van der Waals surface area (Å²) in [6, 6.07) is 9.63. The van der Waals surface area contributed by atoms with E-state index in [0.717, 1.165) is 29.5 Å². The summed E-state index contributed by atoms with van der Waals surface area (Å²) in [6.07, 6.45) is 2.32. The highest BCUT2D eigenvalue weighted by atomic mass is 32.1. The van der Waals surface area contributed by atoms with Gasteiger partial charge in [0.25, 0.3) is 0 Å². The first kappa shape index (κ1) is 13.1. The van der Waals surface area contributed by atoms with Crippen LogP contribution in [0, 0.1) is 0 Å². The third-order valence-corrected chi connectivity index (χ3v) is 4.40. The first-order valence-electron chi connectivity index (χ1n) is 6.60. The van der Waals surface area contributed by atoms with E-state index in [2.05, 4.69) is 22.3 Å². The van der Waals surface area contributed by atoms with Gasteiger partial charge in [-0.05, 0) is 18.4 Å². The highest BCUT2D eigenvalue weighted by molar-refractivity contribution is 7.15. The van der Waals surface area contributed by atoms with Gasteiger partial charge in [0, 0.05) is 13.0 Å². The molecule has 0 unspecified atom stereocenters. The fourth-order valence-corrected chi connectivity index (χ4v) is 3.40. The predicted molar refractivity (Wildman–Crippen MR) is 77.2 cm³/mol. The van der Waals surface area contributed by atoms with Crippen molar-refractivity contribution in [1.29, 1.82) is 0 Å². The Kier molecular flexibility index (Phi) is 3.64. The van der Waals surface area contributed by atoms with Crippen molar-refractivity contribution in [2.45, 2.75) is 25.3 Å². The lowest BCUT2D eigenvalue weighted by Crippen LogP contribution is -2.35. The van der Waals surface area contributed by atoms with Gasteiger partial charge < -0.3 is 10.0 Å². The monoisotopic (exact) mass is 289 g/mol. The fourth-order valence-electron chi connectivity index (χ4n) is 2.46. The summed E-state index contributed by atoms with van der Waals surface area (Å²) < 4.78 is 0. The molecule has 5 nitrogen and oxygen atoms in total. The molecule has 3 rings (SSSR count). The molecule has 0 aliphatic carbocycles. The van der Waals surface area contributed by atoms with Crippen LogP contribution < -0.4 is 4.90 Å². The van der Waals surface area contributed by atoms with Crippen LogP contribution in [0.2, 0.25) is 0 Å². The highest BCUT2D eigenvalue weighted by Gasteiger charge is 2.32. The first-order chi connectivity index (χ1) is 9.74. The lowest BCUT2D eigenvalue weighted by Gasteiger charge is -2.19. The number of anilines is 1. The van der Waals surface area contributed by atoms with Gasteiger partial charge in [0.15, 0.2) is 0 Å². The number of rotatable bonds is 4. The zero-order chi connectivity index (χ0) is 13.9. The van der Waals surface area contributed by atoms with Crippen LogP contribution in [-0.2, 0) is 11.2 Å². The van der Waals surface area contributed by atoms with Crippen molar-refractivity contribution in [3.8, 4) is 0 Å². The second-order valence-corrected chi connectivity index (χ2v) is 5.87. The lowest BCUT2D eigenvalue weighted by atomic mass is 10.2. The quantitative estimate of drug-likeness (QED) is 0.934. The number of carboxylic acid groups (broad SMARTS) is 1. The minimum absolute atomic E-state index is 0.451. The molecule has 1 saturated heterocycles. The van der Waals surface area contributed by atoms with Gasteiger partial charge in [-0.2, -0.15) is 0 Å². The van der Waals surface area contributed by atoms with Crippen molar-refractivity contribution in [1.82, 2.24) is 10.2 Å². The van der Waals surface area contributed by atoms with Gasteiger partial charge >= 0.3 is 5.97 Å². The standard InChI is InChI=1S/C14H15N3O2S/c18-13(19)11-7-4-8-17(11)14-16-15-12(20-14)9-10-5-2-1-3-6-10/h1-3,5-6,11H,4,7-9H2,(H,18,19)/t11-/m0/s1. The number of carbonyl (C=O) groups is 1. The van der Waals surface area contributed by atoms with E-state index in [1.54, 1.807) is 0 Å². The van der Waals surface area contributed by atoms with E-state index >= 15 is 0 Å². The number of benzene rings is 1. The summed E-state index contributed by atoms with van der Waals surface area (Å²) in [4.78, 5) is 13.1. The Morgan fingerprint density at radius 1 is 1.35 bits per heavy atom. The van der Waals surface area contributed by atoms with Crippen LogP contribution in [0.25, 0.3) is 0 Å². The molecular weight excluding hydrogens is 274 g/mol. The summed E-state index contributed by atoms with van der Waals surface area (Å²) in [5.41, 5.74) is 1.19. The zero-order valence-electron chi connectivity index (χ0n) is 10.9. The van der Waals surface area contributed by atoms with Crippen LogP contribution in [0.3, 0.4) is 0 Å². The minimum atomic E-state index is -0.776. The Morgan fingerprint density at radius 2 is 2.15 bits per heavy atom. The first-order valence-corrected chi connectivity index (χ1v) is 7.41. The fraction of sp³-hybridized carbons (Fsp3) is 0.357. The molecule has 1 atom stereocenters.